The maximum absolute atomic E-state index is 12.5. The summed E-state index contributed by atoms with van der Waals surface area (Å²) in [5, 5.41) is 9.05. The lowest BCUT2D eigenvalue weighted by Gasteiger charge is -1.98. The highest BCUT2D eigenvalue weighted by Gasteiger charge is 2.02. The fourth-order valence-corrected chi connectivity index (χ4v) is 2.21. The second-order valence-corrected chi connectivity index (χ2v) is 5.53. The molecule has 0 atom stereocenters. The van der Waals surface area contributed by atoms with Crippen LogP contribution in [-0.4, -0.2) is 4.98 Å². The molecule has 0 aliphatic rings. The molecule has 0 unspecified atom stereocenters. The first-order chi connectivity index (χ1) is 11.0. The highest BCUT2D eigenvalue weighted by atomic mass is 35.5. The lowest BCUT2D eigenvalue weighted by atomic mass is 10.1. The summed E-state index contributed by atoms with van der Waals surface area (Å²) in [6, 6.07) is 13.4. The van der Waals surface area contributed by atoms with Crippen LogP contribution in [0, 0.1) is 17.1 Å². The fourth-order valence-electron chi connectivity index (χ4n) is 1.81. The molecular weight excluding hydrogens is 333 g/mol. The monoisotopic (exact) mass is 345 g/mol. The van der Waals surface area contributed by atoms with Gasteiger partial charge in [0.1, 0.15) is 5.82 Å². The molecule has 0 saturated carbocycles. The molecule has 1 aromatic heterocycles. The average molecular weight is 346 g/mol. The van der Waals surface area contributed by atoms with Crippen LogP contribution in [0.4, 0.5) is 10.1 Å². The lowest BCUT2D eigenvalue weighted by Crippen LogP contribution is -1.89. The Morgan fingerprint density at radius 1 is 1.13 bits per heavy atom. The van der Waals surface area contributed by atoms with Crippen molar-refractivity contribution in [2.75, 3.05) is 5.73 Å². The van der Waals surface area contributed by atoms with Crippen molar-refractivity contribution in [3.8, 4) is 17.2 Å². The number of aromatic amines is 1. The Labute approximate surface area is 143 Å². The number of nitrogens with zero attached hydrogens (tertiary/aromatic N) is 1. The Kier molecular flexibility index (Phi) is 5.69. The minimum absolute atomic E-state index is 0.0685. The number of hydrogen-bond acceptors (Lipinski definition) is 3. The van der Waals surface area contributed by atoms with Gasteiger partial charge in [-0.25, -0.2) is 4.39 Å². The second-order valence-electron chi connectivity index (χ2n) is 4.61. The minimum atomic E-state index is -0.543. The van der Waals surface area contributed by atoms with Crippen molar-refractivity contribution >= 4 is 29.9 Å². The van der Waals surface area contributed by atoms with Crippen molar-refractivity contribution in [1.82, 2.24) is 4.98 Å². The number of nitriles is 1. The van der Waals surface area contributed by atoms with E-state index in [1.807, 2.05) is 36.7 Å². The smallest absolute Gasteiger partial charge is 0.147 e. The fraction of sp³-hybridized carbons (Fsp3) is 0. The number of H-pyrrole nitrogens is 1. The summed E-state index contributed by atoms with van der Waals surface area (Å²) >= 11 is 10.1. The standard InChI is InChI=1S/C10H8ClNS.C7H5FN2/c11-8-3-1-7(2-4-8)9-5-12-6-10(9)13;8-6-3-5(4-9)1-2-7(6)10/h1-6,12-13H;1-3H,10H2. The molecule has 0 bridgehead atoms. The van der Waals surface area contributed by atoms with Crippen molar-refractivity contribution in [1.29, 1.82) is 5.26 Å². The molecule has 0 fully saturated rings. The predicted octanol–water partition coefficient (Wildman–Crippen LogP) is 4.90. The molecule has 0 saturated heterocycles. The second kappa shape index (κ2) is 7.73. The minimum Gasteiger partial charge on any atom is -0.396 e. The van der Waals surface area contributed by atoms with Gasteiger partial charge in [-0.2, -0.15) is 5.26 Å². The first kappa shape index (κ1) is 16.9. The normalized spacial score (nSPS) is 9.65. The largest absolute Gasteiger partial charge is 0.396 e. The Balaban J connectivity index is 0.000000174. The third-order valence-electron chi connectivity index (χ3n) is 3.01. The average Bonchev–Trinajstić information content (AvgIpc) is 2.97. The summed E-state index contributed by atoms with van der Waals surface area (Å²) in [4.78, 5) is 3.95. The third-order valence-corrected chi connectivity index (χ3v) is 3.63. The number of aromatic nitrogens is 1. The van der Waals surface area contributed by atoms with E-state index < -0.39 is 5.82 Å². The summed E-state index contributed by atoms with van der Waals surface area (Å²) in [6.07, 6.45) is 3.78. The zero-order valence-electron chi connectivity index (χ0n) is 11.9. The van der Waals surface area contributed by atoms with E-state index in [1.165, 1.54) is 12.1 Å². The van der Waals surface area contributed by atoms with E-state index in [0.29, 0.717) is 0 Å². The summed E-state index contributed by atoms with van der Waals surface area (Å²) in [5.41, 5.74) is 7.73. The quantitative estimate of drug-likeness (QED) is 0.433. The molecule has 116 valence electrons. The molecule has 0 aliphatic carbocycles. The SMILES string of the molecule is N#Cc1ccc(N)c(F)c1.Sc1c[nH]cc1-c1ccc(Cl)cc1. The van der Waals surface area contributed by atoms with E-state index in [2.05, 4.69) is 17.6 Å². The van der Waals surface area contributed by atoms with Gasteiger partial charge < -0.3 is 10.7 Å². The lowest BCUT2D eigenvalue weighted by molar-refractivity contribution is 0.632. The van der Waals surface area contributed by atoms with Gasteiger partial charge >= 0.3 is 0 Å². The van der Waals surface area contributed by atoms with Crippen LogP contribution in [0.5, 0.6) is 0 Å². The first-order valence-electron chi connectivity index (χ1n) is 6.58. The molecular formula is C17H13ClFN3S. The zero-order valence-corrected chi connectivity index (χ0v) is 13.6. The number of rotatable bonds is 1. The Bertz CT molecular complexity index is 838. The van der Waals surface area contributed by atoms with E-state index in [-0.39, 0.29) is 11.3 Å². The maximum Gasteiger partial charge on any atom is 0.147 e. The van der Waals surface area contributed by atoms with Crippen LogP contribution in [0.1, 0.15) is 5.56 Å². The van der Waals surface area contributed by atoms with Gasteiger partial charge in [0.2, 0.25) is 0 Å². The molecule has 23 heavy (non-hydrogen) atoms. The highest BCUT2D eigenvalue weighted by molar-refractivity contribution is 7.80. The van der Waals surface area contributed by atoms with Crippen molar-refractivity contribution in [2.45, 2.75) is 4.90 Å². The van der Waals surface area contributed by atoms with Crippen molar-refractivity contribution in [2.24, 2.45) is 0 Å². The number of thiol groups is 1. The van der Waals surface area contributed by atoms with Gasteiger partial charge in [0.25, 0.3) is 0 Å². The van der Waals surface area contributed by atoms with E-state index in [0.717, 1.165) is 27.1 Å². The molecule has 3 aromatic rings. The maximum atomic E-state index is 12.5. The first-order valence-corrected chi connectivity index (χ1v) is 7.40. The van der Waals surface area contributed by atoms with Crippen molar-refractivity contribution in [3.05, 3.63) is 71.3 Å². The Morgan fingerprint density at radius 3 is 2.35 bits per heavy atom. The van der Waals surface area contributed by atoms with Crippen molar-refractivity contribution in [3.63, 3.8) is 0 Å². The molecule has 3 nitrogen and oxygen atoms in total. The van der Waals surface area contributed by atoms with Crippen LogP contribution in [-0.2, 0) is 0 Å². The highest BCUT2D eigenvalue weighted by Crippen LogP contribution is 2.26. The molecule has 0 amide bonds. The number of hydrogen-bond donors (Lipinski definition) is 3. The van der Waals surface area contributed by atoms with E-state index in [9.17, 15) is 4.39 Å². The van der Waals surface area contributed by atoms with Crippen LogP contribution < -0.4 is 5.73 Å². The molecule has 3 rings (SSSR count). The van der Waals surface area contributed by atoms with Gasteiger partial charge in [-0.15, -0.1) is 12.6 Å². The Hall–Kier alpha value is -2.42. The third kappa shape index (κ3) is 4.52. The number of halogens is 2. The molecule has 1 heterocycles. The van der Waals surface area contributed by atoms with Gasteiger partial charge in [-0.1, -0.05) is 23.7 Å². The number of nitrogens with two attached hydrogens (primary N) is 1. The number of nitrogens with one attached hydrogen (secondary N) is 1. The van der Waals surface area contributed by atoms with Crippen LogP contribution >= 0.6 is 24.2 Å². The van der Waals surface area contributed by atoms with Crippen LogP contribution in [0.25, 0.3) is 11.1 Å². The summed E-state index contributed by atoms with van der Waals surface area (Å²) in [6.45, 7) is 0. The number of benzene rings is 2. The van der Waals surface area contributed by atoms with Gasteiger partial charge in [0.05, 0.1) is 17.3 Å². The molecule has 6 heteroatoms. The summed E-state index contributed by atoms with van der Waals surface area (Å²) in [7, 11) is 0. The van der Waals surface area contributed by atoms with Gasteiger partial charge in [-0.05, 0) is 35.9 Å². The summed E-state index contributed by atoms with van der Waals surface area (Å²) < 4.78 is 12.5. The molecule has 2 aromatic carbocycles. The predicted molar refractivity (Wildman–Crippen MR) is 94.0 cm³/mol. The summed E-state index contributed by atoms with van der Waals surface area (Å²) in [5.74, 6) is -0.543. The van der Waals surface area contributed by atoms with E-state index in [4.69, 9.17) is 22.6 Å². The van der Waals surface area contributed by atoms with Crippen LogP contribution in [0.3, 0.4) is 0 Å². The molecule has 0 radical (unpaired) electrons. The van der Waals surface area contributed by atoms with E-state index in [1.54, 1.807) is 6.07 Å². The molecule has 0 spiro atoms. The number of nitrogen functional groups attached to an aromatic ring is 1. The molecule has 3 N–H and O–H groups in total. The van der Waals surface area contributed by atoms with Crippen molar-refractivity contribution < 1.29 is 4.39 Å². The van der Waals surface area contributed by atoms with Gasteiger partial charge in [0.15, 0.2) is 0 Å². The van der Waals surface area contributed by atoms with E-state index >= 15 is 0 Å². The zero-order chi connectivity index (χ0) is 16.8. The van der Waals surface area contributed by atoms with Crippen LogP contribution in [0.2, 0.25) is 5.02 Å². The van der Waals surface area contributed by atoms with Gasteiger partial charge in [-0.3, -0.25) is 0 Å². The molecule has 0 aliphatic heterocycles. The topological polar surface area (TPSA) is 65.6 Å². The Morgan fingerprint density at radius 2 is 1.83 bits per heavy atom. The number of anilines is 1. The van der Waals surface area contributed by atoms with Crippen LogP contribution in [0.15, 0.2) is 59.8 Å². The van der Waals surface area contributed by atoms with Gasteiger partial charge in [0, 0.05) is 27.9 Å².